The van der Waals surface area contributed by atoms with E-state index in [0.29, 0.717) is 13.0 Å². The second-order valence-electron chi connectivity index (χ2n) is 9.85. The molecule has 2 aliphatic heterocycles. The molecule has 9 heteroatoms. The Kier molecular flexibility index (Phi) is 8.68. The van der Waals surface area contributed by atoms with E-state index in [2.05, 4.69) is 27.7 Å². The molecule has 0 spiro atoms. The molecule has 1 unspecified atom stereocenters. The van der Waals surface area contributed by atoms with Gasteiger partial charge in [0, 0.05) is 45.8 Å². The molecule has 2 saturated heterocycles. The number of ether oxygens (including phenoxy) is 3. The van der Waals surface area contributed by atoms with E-state index in [1.807, 2.05) is 24.3 Å². The zero-order valence-corrected chi connectivity index (χ0v) is 21.8. The highest BCUT2D eigenvalue weighted by atomic mass is 16.5. The van der Waals surface area contributed by atoms with Gasteiger partial charge in [-0.3, -0.25) is 9.69 Å². The maximum atomic E-state index is 12.7. The van der Waals surface area contributed by atoms with E-state index in [9.17, 15) is 14.7 Å². The summed E-state index contributed by atoms with van der Waals surface area (Å²) in [5.74, 6) is -0.0257. The number of nitrogens with one attached hydrogen (secondary N) is 2. The summed E-state index contributed by atoms with van der Waals surface area (Å²) in [7, 11) is 3.30. The predicted molar refractivity (Wildman–Crippen MR) is 140 cm³/mol. The Hall–Kier alpha value is -3.14. The van der Waals surface area contributed by atoms with Gasteiger partial charge in [-0.05, 0) is 48.6 Å². The molecule has 9 nitrogen and oxygen atoms in total. The minimum absolute atomic E-state index is 0.162. The minimum atomic E-state index is -1.08. The van der Waals surface area contributed by atoms with Crippen LogP contribution in [0.5, 0.6) is 11.5 Å². The fourth-order valence-electron chi connectivity index (χ4n) is 4.98. The molecule has 4 rings (SSSR count). The highest BCUT2D eigenvalue weighted by molar-refractivity contribution is 5.89. The first-order valence-electron chi connectivity index (χ1n) is 12.8. The molecule has 200 valence electrons. The Morgan fingerprint density at radius 2 is 1.76 bits per heavy atom. The smallest absolute Gasteiger partial charge is 0.326 e. The number of piperazine rings is 1. The van der Waals surface area contributed by atoms with Crippen LogP contribution in [0, 0.1) is 0 Å². The minimum Gasteiger partial charge on any atom is -0.496 e. The molecule has 0 bridgehead atoms. The molecule has 2 aromatic rings. The van der Waals surface area contributed by atoms with Crippen molar-refractivity contribution in [2.45, 2.75) is 44.4 Å². The van der Waals surface area contributed by atoms with Gasteiger partial charge in [-0.15, -0.1) is 0 Å². The zero-order valence-electron chi connectivity index (χ0n) is 21.8. The van der Waals surface area contributed by atoms with Crippen LogP contribution in [-0.4, -0.2) is 80.5 Å². The first kappa shape index (κ1) is 26.9. The lowest BCUT2D eigenvalue weighted by molar-refractivity contribution is -0.147. The summed E-state index contributed by atoms with van der Waals surface area (Å²) in [4.78, 5) is 27.0. The van der Waals surface area contributed by atoms with Gasteiger partial charge in [0.15, 0.2) is 0 Å². The molecule has 0 saturated carbocycles. The van der Waals surface area contributed by atoms with Gasteiger partial charge >= 0.3 is 5.97 Å². The topological polar surface area (TPSA) is 109 Å². The molecule has 0 aliphatic carbocycles. The molecule has 2 aromatic carbocycles. The van der Waals surface area contributed by atoms with E-state index in [0.717, 1.165) is 72.9 Å². The monoisotopic (exact) mass is 511 g/mol. The fraction of sp³-hybridized carbons (Fsp3) is 0.500. The number of hydrogen-bond donors (Lipinski definition) is 3. The third-order valence-electron chi connectivity index (χ3n) is 7.17. The lowest BCUT2D eigenvalue weighted by Gasteiger charge is -2.27. The van der Waals surface area contributed by atoms with Crippen molar-refractivity contribution in [2.24, 2.45) is 0 Å². The average molecular weight is 512 g/mol. The number of carbonyl (C=O) groups is 2. The molecule has 0 aromatic heterocycles. The zero-order chi connectivity index (χ0) is 26.4. The average Bonchev–Trinajstić information content (AvgIpc) is 3.36. The standard InChI is InChI=1S/C28H37N3O6/c1-28(9-4-14-37-28)27(34)30-22(26(32)33)15-19-5-7-21(8-6-19)25-23(35-2)16-20(17-24(25)36-3)18-31-12-10-29-11-13-31/h5-8,16-17,22,29H,4,9-15,18H2,1-3H3,(H,30,34)(H,32,33)/t22-,28?/m0/s1. The molecule has 2 aliphatic rings. The summed E-state index contributed by atoms with van der Waals surface area (Å²) in [6, 6.07) is 10.7. The Balaban J connectivity index is 1.50. The second kappa shape index (κ2) is 11.9. The summed E-state index contributed by atoms with van der Waals surface area (Å²) in [6.07, 6.45) is 1.53. The van der Waals surface area contributed by atoms with E-state index >= 15 is 0 Å². The lowest BCUT2D eigenvalue weighted by Crippen LogP contribution is -2.51. The van der Waals surface area contributed by atoms with Gasteiger partial charge in [0.2, 0.25) is 0 Å². The number of aliphatic carboxylic acids is 1. The first-order chi connectivity index (χ1) is 17.8. The number of benzene rings is 2. The van der Waals surface area contributed by atoms with Crippen LogP contribution in [0.15, 0.2) is 36.4 Å². The van der Waals surface area contributed by atoms with Gasteiger partial charge in [0.1, 0.15) is 23.1 Å². The van der Waals surface area contributed by atoms with Gasteiger partial charge in [-0.25, -0.2) is 4.79 Å². The fourth-order valence-corrected chi connectivity index (χ4v) is 4.98. The van der Waals surface area contributed by atoms with Crippen molar-refractivity contribution >= 4 is 11.9 Å². The normalized spacial score (nSPS) is 20.8. The van der Waals surface area contributed by atoms with Gasteiger partial charge in [-0.1, -0.05) is 24.3 Å². The summed E-state index contributed by atoms with van der Waals surface area (Å²) in [6.45, 7) is 7.00. The number of carbonyl (C=O) groups excluding carboxylic acids is 1. The number of methoxy groups -OCH3 is 2. The number of rotatable bonds is 10. The van der Waals surface area contributed by atoms with E-state index < -0.39 is 17.6 Å². The van der Waals surface area contributed by atoms with E-state index in [4.69, 9.17) is 14.2 Å². The van der Waals surface area contributed by atoms with Gasteiger partial charge in [0.25, 0.3) is 5.91 Å². The van der Waals surface area contributed by atoms with Crippen LogP contribution in [0.1, 0.15) is 30.9 Å². The molecular weight excluding hydrogens is 474 g/mol. The van der Waals surface area contributed by atoms with Crippen molar-refractivity contribution in [3.63, 3.8) is 0 Å². The van der Waals surface area contributed by atoms with Crippen LogP contribution in [0.25, 0.3) is 11.1 Å². The third kappa shape index (κ3) is 6.41. The van der Waals surface area contributed by atoms with Crippen molar-refractivity contribution in [3.8, 4) is 22.6 Å². The van der Waals surface area contributed by atoms with Crippen molar-refractivity contribution in [3.05, 3.63) is 47.5 Å². The van der Waals surface area contributed by atoms with Gasteiger partial charge in [0.05, 0.1) is 19.8 Å². The van der Waals surface area contributed by atoms with Gasteiger partial charge < -0.3 is 30.0 Å². The molecular formula is C28H37N3O6. The van der Waals surface area contributed by atoms with Crippen LogP contribution in [-0.2, 0) is 27.3 Å². The second-order valence-corrected chi connectivity index (χ2v) is 9.85. The Morgan fingerprint density at radius 3 is 2.30 bits per heavy atom. The van der Waals surface area contributed by atoms with Gasteiger partial charge in [-0.2, -0.15) is 0 Å². The molecule has 37 heavy (non-hydrogen) atoms. The largest absolute Gasteiger partial charge is 0.496 e. The molecule has 3 N–H and O–H groups in total. The predicted octanol–water partition coefficient (Wildman–Crippen LogP) is 2.46. The summed E-state index contributed by atoms with van der Waals surface area (Å²) < 4.78 is 17.1. The van der Waals surface area contributed by atoms with Crippen LogP contribution in [0.3, 0.4) is 0 Å². The number of hydrogen-bond acceptors (Lipinski definition) is 7. The Morgan fingerprint density at radius 1 is 1.11 bits per heavy atom. The first-order valence-corrected chi connectivity index (χ1v) is 12.8. The number of carboxylic acids is 1. The summed E-state index contributed by atoms with van der Waals surface area (Å²) in [5, 5.41) is 15.8. The van der Waals surface area contributed by atoms with E-state index in [1.54, 1.807) is 21.1 Å². The molecule has 2 atom stereocenters. The third-order valence-corrected chi connectivity index (χ3v) is 7.17. The molecule has 2 fully saturated rings. The van der Waals surface area contributed by atoms with Crippen LogP contribution < -0.4 is 20.1 Å². The molecule has 0 radical (unpaired) electrons. The highest BCUT2D eigenvalue weighted by Crippen LogP contribution is 2.40. The highest BCUT2D eigenvalue weighted by Gasteiger charge is 2.39. The number of nitrogens with zero attached hydrogens (tertiary/aromatic N) is 1. The quantitative estimate of drug-likeness (QED) is 0.446. The maximum absolute atomic E-state index is 12.7. The maximum Gasteiger partial charge on any atom is 0.326 e. The number of amides is 1. The summed E-state index contributed by atoms with van der Waals surface area (Å²) >= 11 is 0. The van der Waals surface area contributed by atoms with E-state index in [1.165, 1.54) is 0 Å². The van der Waals surface area contributed by atoms with Crippen LogP contribution >= 0.6 is 0 Å². The van der Waals surface area contributed by atoms with Crippen LogP contribution in [0.4, 0.5) is 0 Å². The van der Waals surface area contributed by atoms with Crippen molar-refractivity contribution in [1.82, 2.24) is 15.5 Å². The van der Waals surface area contributed by atoms with Crippen LogP contribution in [0.2, 0.25) is 0 Å². The van der Waals surface area contributed by atoms with Crippen molar-refractivity contribution in [2.75, 3.05) is 47.0 Å². The Bertz CT molecular complexity index is 1070. The number of carboxylic acid groups (broad SMARTS) is 1. The molecule has 2 heterocycles. The lowest BCUT2D eigenvalue weighted by atomic mass is 9.97. The SMILES string of the molecule is COc1cc(CN2CCNCC2)cc(OC)c1-c1ccc(C[C@H](NC(=O)C2(C)CCCO2)C(=O)O)cc1. The Labute approximate surface area is 218 Å². The van der Waals surface area contributed by atoms with Crippen molar-refractivity contribution in [1.29, 1.82) is 0 Å². The molecule has 1 amide bonds. The van der Waals surface area contributed by atoms with E-state index in [-0.39, 0.29) is 12.3 Å². The van der Waals surface area contributed by atoms with Crippen molar-refractivity contribution < 1.29 is 28.9 Å². The summed E-state index contributed by atoms with van der Waals surface area (Å²) in [5.41, 5.74) is 2.68.